The summed E-state index contributed by atoms with van der Waals surface area (Å²) in [6, 6.07) is 1.25. The van der Waals surface area contributed by atoms with Crippen molar-refractivity contribution in [3.8, 4) is 5.88 Å². The van der Waals surface area contributed by atoms with Gasteiger partial charge in [0.25, 0.3) is 11.8 Å². The zero-order chi connectivity index (χ0) is 23.5. The van der Waals surface area contributed by atoms with Crippen molar-refractivity contribution in [2.75, 3.05) is 12.4 Å². The lowest BCUT2D eigenvalue weighted by molar-refractivity contribution is 0.0933. The minimum atomic E-state index is -0.514. The molecular formula is C20H22ClN7O3S. The normalized spacial score (nSPS) is 12.2. The second-order valence-electron chi connectivity index (χ2n) is 7.80. The van der Waals surface area contributed by atoms with Crippen LogP contribution in [0, 0.1) is 0 Å². The van der Waals surface area contributed by atoms with Gasteiger partial charge in [-0.15, -0.1) is 11.3 Å². The van der Waals surface area contributed by atoms with Crippen molar-refractivity contribution in [1.82, 2.24) is 30.2 Å². The Morgan fingerprint density at radius 3 is 2.50 bits per heavy atom. The van der Waals surface area contributed by atoms with Gasteiger partial charge in [0.1, 0.15) is 33.4 Å². The van der Waals surface area contributed by atoms with E-state index in [9.17, 15) is 9.59 Å². The maximum Gasteiger partial charge on any atom is 0.272 e. The lowest BCUT2D eigenvalue weighted by atomic mass is 9.92. The summed E-state index contributed by atoms with van der Waals surface area (Å²) in [6.45, 7) is 7.81. The van der Waals surface area contributed by atoms with Crippen molar-refractivity contribution < 1.29 is 14.3 Å². The topological polar surface area (TPSA) is 132 Å². The minimum Gasteiger partial charge on any atom is -0.480 e. The summed E-state index contributed by atoms with van der Waals surface area (Å²) in [5.74, 6) is -0.361. The Morgan fingerprint density at radius 1 is 1.09 bits per heavy atom. The lowest BCUT2D eigenvalue weighted by Gasteiger charge is -2.17. The summed E-state index contributed by atoms with van der Waals surface area (Å²) >= 11 is 7.26. The molecule has 0 aromatic carbocycles. The largest absolute Gasteiger partial charge is 0.480 e. The Morgan fingerprint density at radius 2 is 1.81 bits per heavy atom. The first kappa shape index (κ1) is 23.5. The maximum absolute atomic E-state index is 12.6. The fourth-order valence-corrected chi connectivity index (χ4v) is 3.66. The molecular weight excluding hydrogens is 454 g/mol. The lowest BCUT2D eigenvalue weighted by Crippen LogP contribution is -2.27. The number of hydrogen-bond donors (Lipinski definition) is 2. The molecule has 2 amide bonds. The van der Waals surface area contributed by atoms with Crippen LogP contribution in [0.2, 0.25) is 5.02 Å². The van der Waals surface area contributed by atoms with E-state index in [1.165, 1.54) is 26.0 Å². The molecule has 0 fully saturated rings. The highest BCUT2D eigenvalue weighted by molar-refractivity contribution is 7.13. The first-order chi connectivity index (χ1) is 15.1. The van der Waals surface area contributed by atoms with Gasteiger partial charge in [0.2, 0.25) is 5.88 Å². The second-order valence-corrected chi connectivity index (χ2v) is 9.24. The molecule has 0 spiro atoms. The van der Waals surface area contributed by atoms with Crippen LogP contribution in [0.4, 0.5) is 5.82 Å². The second kappa shape index (κ2) is 9.53. The molecule has 0 saturated heterocycles. The Labute approximate surface area is 193 Å². The number of carbonyl (C=O) groups excluding carboxylic acids is 2. The van der Waals surface area contributed by atoms with Crippen molar-refractivity contribution in [1.29, 1.82) is 0 Å². The number of ether oxygens (including phenoxy) is 1. The van der Waals surface area contributed by atoms with Crippen LogP contribution in [0.25, 0.3) is 0 Å². The van der Waals surface area contributed by atoms with E-state index < -0.39 is 11.9 Å². The Kier molecular flexibility index (Phi) is 6.99. The van der Waals surface area contributed by atoms with E-state index in [-0.39, 0.29) is 27.9 Å². The van der Waals surface area contributed by atoms with Crippen molar-refractivity contribution in [2.24, 2.45) is 0 Å². The number of aromatic nitrogens is 5. The van der Waals surface area contributed by atoms with E-state index in [1.54, 1.807) is 13.0 Å². The Bertz CT molecular complexity index is 1150. The van der Waals surface area contributed by atoms with Gasteiger partial charge in [-0.3, -0.25) is 9.59 Å². The highest BCUT2D eigenvalue weighted by Crippen LogP contribution is 2.26. The fraction of sp³-hybridized carbons (Fsp3) is 0.350. The molecule has 0 aliphatic rings. The zero-order valence-electron chi connectivity index (χ0n) is 18.1. The molecule has 168 valence electrons. The van der Waals surface area contributed by atoms with E-state index in [4.69, 9.17) is 16.3 Å². The van der Waals surface area contributed by atoms with E-state index in [1.807, 2.05) is 20.8 Å². The highest BCUT2D eigenvalue weighted by Gasteiger charge is 2.22. The third-order valence-electron chi connectivity index (χ3n) is 4.31. The number of hydrogen-bond acceptors (Lipinski definition) is 9. The van der Waals surface area contributed by atoms with Gasteiger partial charge in [0.15, 0.2) is 5.69 Å². The summed E-state index contributed by atoms with van der Waals surface area (Å²) in [6.07, 6.45) is 4.05. The van der Waals surface area contributed by atoms with Crippen molar-refractivity contribution in [2.45, 2.75) is 39.2 Å². The average Bonchev–Trinajstić information content (AvgIpc) is 3.24. The van der Waals surface area contributed by atoms with Crippen LogP contribution in [0.1, 0.15) is 64.6 Å². The molecule has 0 aliphatic heterocycles. The van der Waals surface area contributed by atoms with Crippen LogP contribution < -0.4 is 15.4 Å². The summed E-state index contributed by atoms with van der Waals surface area (Å²) in [5.41, 5.74) is 0.618. The molecule has 1 atom stereocenters. The van der Waals surface area contributed by atoms with Gasteiger partial charge >= 0.3 is 0 Å². The van der Waals surface area contributed by atoms with Crippen LogP contribution in [-0.2, 0) is 5.41 Å². The molecule has 3 aromatic rings. The van der Waals surface area contributed by atoms with E-state index >= 15 is 0 Å². The van der Waals surface area contributed by atoms with Crippen LogP contribution >= 0.6 is 22.9 Å². The average molecular weight is 476 g/mol. The van der Waals surface area contributed by atoms with Gasteiger partial charge in [0.05, 0.1) is 25.0 Å². The number of thiazole rings is 1. The number of halogens is 1. The first-order valence-corrected chi connectivity index (χ1v) is 10.7. The number of amides is 2. The van der Waals surface area contributed by atoms with Gasteiger partial charge in [-0.05, 0) is 6.92 Å². The smallest absolute Gasteiger partial charge is 0.272 e. The number of carbonyl (C=O) groups is 2. The van der Waals surface area contributed by atoms with Gasteiger partial charge in [0, 0.05) is 11.5 Å². The van der Waals surface area contributed by atoms with Crippen LogP contribution in [0.3, 0.4) is 0 Å². The van der Waals surface area contributed by atoms with Crippen molar-refractivity contribution in [3.63, 3.8) is 0 Å². The number of nitrogens with one attached hydrogen (secondary N) is 2. The molecule has 0 saturated carbocycles. The summed E-state index contributed by atoms with van der Waals surface area (Å²) < 4.78 is 5.00. The predicted molar refractivity (Wildman–Crippen MR) is 120 cm³/mol. The molecule has 32 heavy (non-hydrogen) atoms. The molecule has 0 bridgehead atoms. The third kappa shape index (κ3) is 5.35. The molecule has 12 heteroatoms. The van der Waals surface area contributed by atoms with Crippen molar-refractivity contribution in [3.05, 3.63) is 51.2 Å². The monoisotopic (exact) mass is 475 g/mol. The Balaban J connectivity index is 1.69. The van der Waals surface area contributed by atoms with Crippen LogP contribution in [0.15, 0.2) is 24.9 Å². The quantitative estimate of drug-likeness (QED) is 0.554. The highest BCUT2D eigenvalue weighted by atomic mass is 35.5. The molecule has 0 radical (unpaired) electrons. The summed E-state index contributed by atoms with van der Waals surface area (Å²) in [5, 5.41) is 6.06. The standard InChI is InChI=1S/C20H22ClN7O3S/c1-10(27-17(30)15-14(21)18(31-5)26-9-25-15)19-22-7-11(32-19)16(29)28-13-6-12(20(2,3)4)23-8-24-13/h6-10H,1-5H3,(H,27,30)(H,23,24,28,29). The van der Waals surface area contributed by atoms with Gasteiger partial charge in [-0.2, -0.15) is 0 Å². The van der Waals surface area contributed by atoms with E-state index in [0.717, 1.165) is 17.0 Å². The van der Waals surface area contributed by atoms with E-state index in [0.29, 0.717) is 15.7 Å². The number of methoxy groups -OCH3 is 1. The maximum atomic E-state index is 12.6. The molecule has 1 unspecified atom stereocenters. The number of rotatable bonds is 6. The Hall–Kier alpha value is -3.18. The van der Waals surface area contributed by atoms with Gasteiger partial charge in [-0.25, -0.2) is 24.9 Å². The molecule has 3 rings (SSSR count). The van der Waals surface area contributed by atoms with Crippen LogP contribution in [0.5, 0.6) is 5.88 Å². The molecule has 0 aliphatic carbocycles. The first-order valence-electron chi connectivity index (χ1n) is 9.55. The molecule has 3 aromatic heterocycles. The molecule has 2 N–H and O–H groups in total. The fourth-order valence-electron chi connectivity index (χ4n) is 2.59. The number of anilines is 1. The van der Waals surface area contributed by atoms with Gasteiger partial charge in [-0.1, -0.05) is 32.4 Å². The minimum absolute atomic E-state index is 0.0124. The third-order valence-corrected chi connectivity index (χ3v) is 5.83. The molecule has 10 nitrogen and oxygen atoms in total. The SMILES string of the molecule is COc1ncnc(C(=O)NC(C)c2ncc(C(=O)Nc3cc(C(C)(C)C)ncn3)s2)c1Cl. The summed E-state index contributed by atoms with van der Waals surface area (Å²) in [7, 11) is 1.39. The van der Waals surface area contributed by atoms with Crippen LogP contribution in [-0.4, -0.2) is 43.8 Å². The van der Waals surface area contributed by atoms with Crippen molar-refractivity contribution >= 4 is 40.6 Å². The summed E-state index contributed by atoms with van der Waals surface area (Å²) in [4.78, 5) is 45.9. The molecule has 3 heterocycles. The van der Waals surface area contributed by atoms with Gasteiger partial charge < -0.3 is 15.4 Å². The predicted octanol–water partition coefficient (Wildman–Crippen LogP) is 3.43. The zero-order valence-corrected chi connectivity index (χ0v) is 19.7. The van der Waals surface area contributed by atoms with E-state index in [2.05, 4.69) is 35.6 Å². The number of nitrogens with zero attached hydrogens (tertiary/aromatic N) is 5.